The second-order valence-corrected chi connectivity index (χ2v) is 5.59. The lowest BCUT2D eigenvalue weighted by Gasteiger charge is -2.45. The van der Waals surface area contributed by atoms with Crippen LogP contribution in [0.3, 0.4) is 0 Å². The summed E-state index contributed by atoms with van der Waals surface area (Å²) in [6.07, 6.45) is 2.82. The zero-order valence-electron chi connectivity index (χ0n) is 11.3. The summed E-state index contributed by atoms with van der Waals surface area (Å²) < 4.78 is 5.59. The van der Waals surface area contributed by atoms with E-state index in [0.717, 1.165) is 32.3 Å². The van der Waals surface area contributed by atoms with Crippen LogP contribution < -0.4 is 5.73 Å². The molecule has 4 heteroatoms. The molecule has 1 heterocycles. The maximum absolute atomic E-state index is 5.95. The van der Waals surface area contributed by atoms with Gasteiger partial charge in [-0.05, 0) is 26.7 Å². The van der Waals surface area contributed by atoms with Gasteiger partial charge in [-0.1, -0.05) is 0 Å². The smallest absolute Gasteiger partial charge is 0.0659 e. The van der Waals surface area contributed by atoms with Crippen LogP contribution in [0.2, 0.25) is 0 Å². The van der Waals surface area contributed by atoms with Crippen molar-refractivity contribution < 1.29 is 4.74 Å². The number of rotatable bonds is 6. The van der Waals surface area contributed by atoms with E-state index in [-0.39, 0.29) is 5.54 Å². The Hall–Kier alpha value is -0.160. The molecule has 4 nitrogen and oxygen atoms in total. The molecule has 1 unspecified atom stereocenters. The summed E-state index contributed by atoms with van der Waals surface area (Å²) >= 11 is 0. The van der Waals surface area contributed by atoms with Gasteiger partial charge in [0.15, 0.2) is 0 Å². The van der Waals surface area contributed by atoms with Crippen molar-refractivity contribution in [3.63, 3.8) is 0 Å². The number of nitrogens with zero attached hydrogens (tertiary/aromatic N) is 2. The van der Waals surface area contributed by atoms with Crippen LogP contribution in [-0.2, 0) is 4.74 Å². The van der Waals surface area contributed by atoms with Gasteiger partial charge in [0.25, 0.3) is 0 Å². The van der Waals surface area contributed by atoms with Gasteiger partial charge in [-0.25, -0.2) is 0 Å². The fraction of sp³-hybridized carbons (Fsp3) is 1.00. The number of nitrogens with two attached hydrogens (primary N) is 1. The monoisotopic (exact) mass is 241 g/mol. The molecule has 2 N–H and O–H groups in total. The van der Waals surface area contributed by atoms with E-state index in [0.29, 0.717) is 6.54 Å². The second-order valence-electron chi connectivity index (χ2n) is 5.59. The van der Waals surface area contributed by atoms with Crippen molar-refractivity contribution in [3.8, 4) is 0 Å². The molecular weight excluding hydrogens is 214 g/mol. The van der Waals surface area contributed by atoms with Crippen molar-refractivity contribution in [2.24, 2.45) is 5.73 Å². The average Bonchev–Trinajstić information content (AvgIpc) is 3.20. The second kappa shape index (κ2) is 5.65. The predicted octanol–water partition coefficient (Wildman–Crippen LogP) is 0.520. The fourth-order valence-electron chi connectivity index (χ4n) is 2.67. The number of ether oxygens (including phenoxy) is 1. The third-order valence-corrected chi connectivity index (χ3v) is 4.20. The number of piperazine rings is 1. The molecule has 0 amide bonds. The highest BCUT2D eigenvalue weighted by atomic mass is 16.5. The standard InChI is InChI=1S/C13H27N3O/c1-3-17-11-13(2,10-14)16-8-6-15(7-9-16)12-4-5-12/h12H,3-11,14H2,1-2H3. The minimum absolute atomic E-state index is 0.0195. The summed E-state index contributed by atoms with van der Waals surface area (Å²) in [5.74, 6) is 0. The molecule has 0 aromatic rings. The molecule has 1 saturated carbocycles. The molecule has 0 spiro atoms. The summed E-state index contributed by atoms with van der Waals surface area (Å²) in [5, 5.41) is 0. The van der Waals surface area contributed by atoms with Gasteiger partial charge in [-0.3, -0.25) is 9.80 Å². The quantitative estimate of drug-likeness (QED) is 0.736. The van der Waals surface area contributed by atoms with E-state index in [4.69, 9.17) is 10.5 Å². The van der Waals surface area contributed by atoms with Crippen molar-refractivity contribution >= 4 is 0 Å². The van der Waals surface area contributed by atoms with Gasteiger partial charge in [0, 0.05) is 45.4 Å². The van der Waals surface area contributed by atoms with Gasteiger partial charge in [0.1, 0.15) is 0 Å². The van der Waals surface area contributed by atoms with Crippen molar-refractivity contribution in [3.05, 3.63) is 0 Å². The van der Waals surface area contributed by atoms with Gasteiger partial charge >= 0.3 is 0 Å². The molecule has 100 valence electrons. The van der Waals surface area contributed by atoms with Gasteiger partial charge in [-0.15, -0.1) is 0 Å². The fourth-order valence-corrected chi connectivity index (χ4v) is 2.67. The lowest BCUT2D eigenvalue weighted by Crippen LogP contribution is -2.61. The van der Waals surface area contributed by atoms with E-state index in [1.165, 1.54) is 25.9 Å². The molecule has 1 aliphatic carbocycles. The van der Waals surface area contributed by atoms with Gasteiger partial charge in [0.05, 0.1) is 12.1 Å². The molecule has 2 rings (SSSR count). The highest BCUT2D eigenvalue weighted by Gasteiger charge is 2.36. The van der Waals surface area contributed by atoms with Gasteiger partial charge < -0.3 is 10.5 Å². The lowest BCUT2D eigenvalue weighted by molar-refractivity contribution is -0.0158. The minimum atomic E-state index is 0.0195. The summed E-state index contributed by atoms with van der Waals surface area (Å²) in [5.41, 5.74) is 5.97. The third-order valence-electron chi connectivity index (χ3n) is 4.20. The van der Waals surface area contributed by atoms with Crippen molar-refractivity contribution in [2.75, 3.05) is 45.9 Å². The zero-order valence-corrected chi connectivity index (χ0v) is 11.3. The van der Waals surface area contributed by atoms with Gasteiger partial charge in [-0.2, -0.15) is 0 Å². The molecule has 2 fully saturated rings. The third kappa shape index (κ3) is 3.19. The van der Waals surface area contributed by atoms with Crippen LogP contribution in [-0.4, -0.2) is 67.3 Å². The van der Waals surface area contributed by atoms with E-state index in [9.17, 15) is 0 Å². The molecule has 0 bridgehead atoms. The Morgan fingerprint density at radius 1 is 1.24 bits per heavy atom. The Morgan fingerprint density at radius 3 is 2.35 bits per heavy atom. The first-order valence-electron chi connectivity index (χ1n) is 6.96. The Morgan fingerprint density at radius 2 is 1.88 bits per heavy atom. The van der Waals surface area contributed by atoms with E-state index >= 15 is 0 Å². The largest absolute Gasteiger partial charge is 0.380 e. The van der Waals surface area contributed by atoms with Crippen molar-refractivity contribution in [1.29, 1.82) is 0 Å². The van der Waals surface area contributed by atoms with Crippen LogP contribution in [0.4, 0.5) is 0 Å². The Bertz CT molecular complexity index is 237. The first kappa shape index (κ1) is 13.3. The SMILES string of the molecule is CCOCC(C)(CN)N1CCN(C2CC2)CC1. The van der Waals surface area contributed by atoms with Crippen LogP contribution in [0, 0.1) is 0 Å². The van der Waals surface area contributed by atoms with Crippen molar-refractivity contribution in [2.45, 2.75) is 38.3 Å². The molecular formula is C13H27N3O. The van der Waals surface area contributed by atoms with Crippen LogP contribution in [0.25, 0.3) is 0 Å². The first-order valence-corrected chi connectivity index (χ1v) is 6.96. The Labute approximate surface area is 105 Å². The normalized spacial score (nSPS) is 27.0. The molecule has 1 atom stereocenters. The molecule has 2 aliphatic rings. The van der Waals surface area contributed by atoms with E-state index < -0.39 is 0 Å². The van der Waals surface area contributed by atoms with Crippen LogP contribution in [0.1, 0.15) is 26.7 Å². The molecule has 1 aliphatic heterocycles. The summed E-state index contributed by atoms with van der Waals surface area (Å²) in [6, 6.07) is 0.896. The molecule has 17 heavy (non-hydrogen) atoms. The maximum atomic E-state index is 5.95. The Kier molecular flexibility index (Phi) is 4.42. The van der Waals surface area contributed by atoms with Gasteiger partial charge in [0.2, 0.25) is 0 Å². The maximum Gasteiger partial charge on any atom is 0.0659 e. The molecule has 0 radical (unpaired) electrons. The van der Waals surface area contributed by atoms with Crippen LogP contribution >= 0.6 is 0 Å². The molecule has 0 aromatic carbocycles. The number of hydrogen-bond acceptors (Lipinski definition) is 4. The lowest BCUT2D eigenvalue weighted by atomic mass is 10.00. The van der Waals surface area contributed by atoms with Crippen LogP contribution in [0.15, 0.2) is 0 Å². The highest BCUT2D eigenvalue weighted by molar-refractivity contribution is 4.93. The summed E-state index contributed by atoms with van der Waals surface area (Å²) in [7, 11) is 0. The minimum Gasteiger partial charge on any atom is -0.380 e. The highest BCUT2D eigenvalue weighted by Crippen LogP contribution is 2.28. The number of hydrogen-bond donors (Lipinski definition) is 1. The summed E-state index contributed by atoms with van der Waals surface area (Å²) in [6.45, 7) is 11.2. The predicted molar refractivity (Wildman–Crippen MR) is 70.1 cm³/mol. The van der Waals surface area contributed by atoms with E-state index in [1.807, 2.05) is 6.92 Å². The van der Waals surface area contributed by atoms with E-state index in [1.54, 1.807) is 0 Å². The Balaban J connectivity index is 1.83. The average molecular weight is 241 g/mol. The van der Waals surface area contributed by atoms with Crippen molar-refractivity contribution in [1.82, 2.24) is 9.80 Å². The molecule has 1 saturated heterocycles. The molecule has 0 aromatic heterocycles. The topological polar surface area (TPSA) is 41.7 Å². The summed E-state index contributed by atoms with van der Waals surface area (Å²) in [4.78, 5) is 5.15. The van der Waals surface area contributed by atoms with Crippen LogP contribution in [0.5, 0.6) is 0 Å². The first-order chi connectivity index (χ1) is 8.19. The van der Waals surface area contributed by atoms with E-state index in [2.05, 4.69) is 16.7 Å². The zero-order chi connectivity index (χ0) is 12.3.